The van der Waals surface area contributed by atoms with Gasteiger partial charge < -0.3 is 4.90 Å². The predicted octanol–water partition coefficient (Wildman–Crippen LogP) is 5.74. The number of hydrogen-bond acceptors (Lipinski definition) is 2. The average Bonchev–Trinajstić information content (AvgIpc) is 2.69. The molecule has 1 saturated heterocycles. The van der Waals surface area contributed by atoms with E-state index in [-0.39, 0.29) is 0 Å². The molecular weight excluding hydrogens is 316 g/mol. The van der Waals surface area contributed by atoms with Crippen molar-refractivity contribution in [2.24, 2.45) is 5.92 Å². The molecule has 0 saturated carbocycles. The van der Waals surface area contributed by atoms with E-state index in [9.17, 15) is 0 Å². The number of likely N-dealkylation sites (tertiary alicyclic amines) is 1. The molecule has 2 heteroatoms. The summed E-state index contributed by atoms with van der Waals surface area (Å²) in [7, 11) is 2.26. The highest BCUT2D eigenvalue weighted by Crippen LogP contribution is 2.39. The Morgan fingerprint density at radius 2 is 1.85 bits per heavy atom. The molecule has 0 amide bonds. The van der Waals surface area contributed by atoms with Gasteiger partial charge in [-0.3, -0.25) is 0 Å². The molecule has 2 unspecified atom stereocenters. The first-order chi connectivity index (χ1) is 12.8. The van der Waals surface area contributed by atoms with Gasteiger partial charge in [-0.05, 0) is 62.4 Å². The van der Waals surface area contributed by atoms with Crippen LogP contribution in [0.4, 0.5) is 0 Å². The lowest BCUT2D eigenvalue weighted by Gasteiger charge is -2.35. The van der Waals surface area contributed by atoms with Crippen molar-refractivity contribution < 1.29 is 0 Å². The van der Waals surface area contributed by atoms with Crippen molar-refractivity contribution in [3.8, 4) is 11.3 Å². The third-order valence-electron chi connectivity index (χ3n) is 5.87. The van der Waals surface area contributed by atoms with Crippen molar-refractivity contribution in [2.45, 2.75) is 32.1 Å². The maximum absolute atomic E-state index is 5.11. The summed E-state index contributed by atoms with van der Waals surface area (Å²) in [5.74, 6) is 1.27. The number of aromatic nitrogens is 1. The summed E-state index contributed by atoms with van der Waals surface area (Å²) in [5, 5.41) is 1.25. The highest BCUT2D eigenvalue weighted by Gasteiger charge is 2.28. The topological polar surface area (TPSA) is 16.1 Å². The maximum atomic E-state index is 5.11. The van der Waals surface area contributed by atoms with Crippen LogP contribution in [-0.4, -0.2) is 30.0 Å². The summed E-state index contributed by atoms with van der Waals surface area (Å²) in [5.41, 5.74) is 4.92. The molecule has 3 aromatic rings. The van der Waals surface area contributed by atoms with Gasteiger partial charge in [-0.15, -0.1) is 0 Å². The molecule has 1 aliphatic rings. The number of para-hydroxylation sites is 1. The molecule has 1 aliphatic heterocycles. The van der Waals surface area contributed by atoms with Gasteiger partial charge in [0.05, 0.1) is 11.2 Å². The Labute approximate surface area is 156 Å². The van der Waals surface area contributed by atoms with Crippen LogP contribution in [0.5, 0.6) is 0 Å². The van der Waals surface area contributed by atoms with Crippen LogP contribution < -0.4 is 0 Å². The molecule has 2 atom stereocenters. The molecule has 2 aromatic carbocycles. The van der Waals surface area contributed by atoms with E-state index in [0.717, 1.165) is 5.52 Å². The van der Waals surface area contributed by atoms with Crippen molar-refractivity contribution in [1.82, 2.24) is 9.88 Å². The second kappa shape index (κ2) is 7.59. The Bertz CT molecular complexity index is 872. The molecule has 1 fully saturated rings. The van der Waals surface area contributed by atoms with Gasteiger partial charge in [-0.25, -0.2) is 4.98 Å². The second-order valence-electron chi connectivity index (χ2n) is 7.66. The molecule has 0 bridgehead atoms. The lowest BCUT2D eigenvalue weighted by molar-refractivity contribution is 0.185. The number of hydrogen-bond donors (Lipinski definition) is 0. The molecule has 0 radical (unpaired) electrons. The van der Waals surface area contributed by atoms with E-state index in [1.54, 1.807) is 0 Å². The van der Waals surface area contributed by atoms with Crippen molar-refractivity contribution in [3.05, 3.63) is 66.2 Å². The zero-order valence-corrected chi connectivity index (χ0v) is 15.9. The number of benzene rings is 2. The van der Waals surface area contributed by atoms with Gasteiger partial charge in [0.1, 0.15) is 0 Å². The summed E-state index contributed by atoms with van der Waals surface area (Å²) >= 11 is 0. The molecule has 1 aromatic heterocycles. The van der Waals surface area contributed by atoms with E-state index >= 15 is 0 Å². The average molecular weight is 345 g/mol. The van der Waals surface area contributed by atoms with Gasteiger partial charge >= 0.3 is 0 Å². The number of rotatable bonds is 4. The van der Waals surface area contributed by atoms with Gasteiger partial charge in [0.15, 0.2) is 0 Å². The highest BCUT2D eigenvalue weighted by atomic mass is 15.1. The lowest BCUT2D eigenvalue weighted by Crippen LogP contribution is -2.35. The first-order valence-electron chi connectivity index (χ1n) is 9.90. The van der Waals surface area contributed by atoms with Gasteiger partial charge in [0, 0.05) is 17.5 Å². The number of fused-ring (bicyclic) bond motifs is 1. The fraction of sp³-hybridized carbons (Fsp3) is 0.375. The van der Waals surface area contributed by atoms with Crippen LogP contribution in [0.1, 0.15) is 37.7 Å². The second-order valence-corrected chi connectivity index (χ2v) is 7.66. The Kier molecular flexibility index (Phi) is 5.03. The minimum atomic E-state index is 0.560. The minimum Gasteiger partial charge on any atom is -0.306 e. The fourth-order valence-electron chi connectivity index (χ4n) is 4.58. The predicted molar refractivity (Wildman–Crippen MR) is 110 cm³/mol. The smallest absolute Gasteiger partial charge is 0.0744 e. The van der Waals surface area contributed by atoms with E-state index < -0.39 is 0 Å². The highest BCUT2D eigenvalue weighted by molar-refractivity contribution is 5.83. The lowest BCUT2D eigenvalue weighted by atomic mass is 9.78. The van der Waals surface area contributed by atoms with Crippen molar-refractivity contribution >= 4 is 10.9 Å². The third kappa shape index (κ3) is 3.39. The van der Waals surface area contributed by atoms with E-state index in [4.69, 9.17) is 4.98 Å². The molecule has 134 valence electrons. The Hall–Kier alpha value is -2.19. The molecule has 0 aliphatic carbocycles. The molecule has 2 nitrogen and oxygen atoms in total. The minimum absolute atomic E-state index is 0.560. The zero-order chi connectivity index (χ0) is 17.9. The normalized spacial score (nSPS) is 19.5. The summed E-state index contributed by atoms with van der Waals surface area (Å²) < 4.78 is 0. The van der Waals surface area contributed by atoms with Gasteiger partial charge in [-0.2, -0.15) is 0 Å². The van der Waals surface area contributed by atoms with Gasteiger partial charge in [0.2, 0.25) is 0 Å². The monoisotopic (exact) mass is 344 g/mol. The molecule has 2 heterocycles. The van der Waals surface area contributed by atoms with Gasteiger partial charge in [0.25, 0.3) is 0 Å². The number of pyridine rings is 1. The third-order valence-corrected chi connectivity index (χ3v) is 5.87. The van der Waals surface area contributed by atoms with Crippen LogP contribution in [-0.2, 0) is 0 Å². The van der Waals surface area contributed by atoms with Crippen molar-refractivity contribution in [3.63, 3.8) is 0 Å². The molecule has 4 rings (SSSR count). The largest absolute Gasteiger partial charge is 0.306 e. The first-order valence-corrected chi connectivity index (χ1v) is 9.90. The van der Waals surface area contributed by atoms with E-state index in [2.05, 4.69) is 79.5 Å². The van der Waals surface area contributed by atoms with Crippen LogP contribution in [0.3, 0.4) is 0 Å². The summed E-state index contributed by atoms with van der Waals surface area (Å²) in [6.07, 6.45) is 3.79. The Morgan fingerprint density at radius 3 is 2.62 bits per heavy atom. The number of piperidine rings is 1. The van der Waals surface area contributed by atoms with Crippen LogP contribution in [0.25, 0.3) is 22.2 Å². The Morgan fingerprint density at radius 1 is 1.08 bits per heavy atom. The van der Waals surface area contributed by atoms with Crippen LogP contribution in [0.15, 0.2) is 60.7 Å². The molecule has 0 spiro atoms. The summed E-state index contributed by atoms with van der Waals surface area (Å²) in [6.45, 7) is 4.76. The number of nitrogens with zero attached hydrogens (tertiary/aromatic N) is 2. The molecule has 0 N–H and O–H groups in total. The van der Waals surface area contributed by atoms with E-state index in [1.165, 1.54) is 54.6 Å². The van der Waals surface area contributed by atoms with E-state index in [1.807, 2.05) is 0 Å². The van der Waals surface area contributed by atoms with Crippen LogP contribution in [0.2, 0.25) is 0 Å². The van der Waals surface area contributed by atoms with Gasteiger partial charge in [-0.1, -0.05) is 55.5 Å². The summed E-state index contributed by atoms with van der Waals surface area (Å²) in [4.78, 5) is 7.61. The maximum Gasteiger partial charge on any atom is 0.0744 e. The quantitative estimate of drug-likeness (QED) is 0.600. The Balaban J connectivity index is 1.85. The standard InChI is InChI=1S/C24H28N2/c1-3-21(20-13-9-15-26(2)17-20)22-16-19-12-7-8-14-23(19)25-24(22)18-10-5-4-6-11-18/h4-8,10-12,14,16,20-21H,3,9,13,15,17H2,1-2H3. The fourth-order valence-corrected chi connectivity index (χ4v) is 4.58. The van der Waals surface area contributed by atoms with Crippen LogP contribution in [0, 0.1) is 5.92 Å². The SMILES string of the molecule is CCC(c1cc2ccccc2nc1-c1ccccc1)C1CCCN(C)C1. The van der Waals surface area contributed by atoms with Crippen molar-refractivity contribution in [2.75, 3.05) is 20.1 Å². The molecular formula is C24H28N2. The van der Waals surface area contributed by atoms with Crippen LogP contribution >= 0.6 is 0 Å². The molecule has 26 heavy (non-hydrogen) atoms. The first kappa shape index (κ1) is 17.2. The summed E-state index contributed by atoms with van der Waals surface area (Å²) in [6, 6.07) is 21.6. The zero-order valence-electron chi connectivity index (χ0n) is 15.9. The van der Waals surface area contributed by atoms with Crippen molar-refractivity contribution in [1.29, 1.82) is 0 Å². The van der Waals surface area contributed by atoms with E-state index in [0.29, 0.717) is 11.8 Å².